The van der Waals surface area contributed by atoms with Crippen molar-refractivity contribution in [3.63, 3.8) is 0 Å². The number of nitrogens with one attached hydrogen (secondary N) is 1. The first-order chi connectivity index (χ1) is 19.7. The Hall–Kier alpha value is -3.50. The van der Waals surface area contributed by atoms with Crippen molar-refractivity contribution in [2.24, 2.45) is 5.41 Å². The molecule has 0 spiro atoms. The summed E-state index contributed by atoms with van der Waals surface area (Å²) in [5.41, 5.74) is -0.655. The van der Waals surface area contributed by atoms with Crippen LogP contribution in [0.4, 0.5) is 9.18 Å². The normalized spacial score (nSPS) is 18.8. The zero-order valence-corrected chi connectivity index (χ0v) is 23.8. The van der Waals surface area contributed by atoms with Gasteiger partial charge in [-0.2, -0.15) is 0 Å². The molecule has 0 atom stereocenters. The first-order valence-electron chi connectivity index (χ1n) is 14.4. The minimum absolute atomic E-state index is 0.132. The number of hydrogen-bond donors (Lipinski definition) is 1. The molecule has 2 aliphatic rings. The summed E-state index contributed by atoms with van der Waals surface area (Å²) < 4.78 is 29.8. The maximum Gasteiger partial charge on any atom is 0.337 e. The maximum atomic E-state index is 15.9. The topological polar surface area (TPSA) is 94.8 Å². The molecule has 3 heterocycles. The Morgan fingerprint density at radius 3 is 2.27 bits per heavy atom. The summed E-state index contributed by atoms with van der Waals surface area (Å²) in [4.78, 5) is 41.6. The number of rotatable bonds is 8. The fourth-order valence-electron chi connectivity index (χ4n) is 5.96. The number of imidazole rings is 1. The average Bonchev–Trinajstić information content (AvgIpc) is 3.29. The lowest BCUT2D eigenvalue weighted by molar-refractivity contribution is -0.165. The van der Waals surface area contributed by atoms with Crippen LogP contribution in [0.5, 0.6) is 0 Å². The summed E-state index contributed by atoms with van der Waals surface area (Å²) in [6.45, 7) is 6.15. The van der Waals surface area contributed by atoms with Crippen molar-refractivity contribution >= 4 is 23.0 Å². The first-order valence-corrected chi connectivity index (χ1v) is 14.4. The Morgan fingerprint density at radius 1 is 0.976 bits per heavy atom. The molecule has 2 fully saturated rings. The molecule has 0 radical (unpaired) electrons. The molecule has 1 amide bonds. The molecule has 1 N–H and O–H groups in total. The van der Waals surface area contributed by atoms with Gasteiger partial charge in [-0.05, 0) is 57.2 Å². The van der Waals surface area contributed by atoms with Gasteiger partial charge in [-0.15, -0.1) is 0 Å². The number of aromatic nitrogens is 2. The molecule has 5 rings (SSSR count). The summed E-state index contributed by atoms with van der Waals surface area (Å²) in [6, 6.07) is 15.9. The number of alkyl halides is 1. The van der Waals surface area contributed by atoms with E-state index in [9.17, 15) is 14.4 Å². The van der Waals surface area contributed by atoms with Crippen LogP contribution in [-0.4, -0.2) is 71.1 Å². The van der Waals surface area contributed by atoms with E-state index >= 15 is 4.39 Å². The number of ether oxygens (including phenoxy) is 2. The highest BCUT2D eigenvalue weighted by molar-refractivity contribution is 5.89. The minimum atomic E-state index is -1.61. The van der Waals surface area contributed by atoms with Crippen molar-refractivity contribution in [1.82, 2.24) is 19.4 Å². The van der Waals surface area contributed by atoms with Crippen LogP contribution >= 0.6 is 0 Å². The largest absolute Gasteiger partial charge is 0.460 e. The van der Waals surface area contributed by atoms with E-state index in [4.69, 9.17) is 9.47 Å². The maximum absolute atomic E-state index is 15.9. The SMILES string of the molecule is CC(C)n1c(=O)n(C(=O)NCC2(F)CCN(CC3(C(=O)OCc4ccccc4)CCOCC3)CC2)c2ccccc21. The molecular weight excluding hydrogens is 527 g/mol. The van der Waals surface area contributed by atoms with Crippen LogP contribution in [0.2, 0.25) is 0 Å². The summed E-state index contributed by atoms with van der Waals surface area (Å²) in [5, 5.41) is 2.68. The van der Waals surface area contributed by atoms with Crippen LogP contribution in [-0.2, 0) is 20.9 Å². The molecular formula is C31H39FN4O5. The molecule has 10 heteroatoms. The van der Waals surface area contributed by atoms with E-state index in [-0.39, 0.29) is 38.0 Å². The number of likely N-dealkylation sites (tertiary alicyclic amines) is 1. The second kappa shape index (κ2) is 12.2. The summed E-state index contributed by atoms with van der Waals surface area (Å²) >= 11 is 0. The number of para-hydroxylation sites is 2. The monoisotopic (exact) mass is 566 g/mol. The predicted molar refractivity (Wildman–Crippen MR) is 154 cm³/mol. The Bertz CT molecular complexity index is 1420. The van der Waals surface area contributed by atoms with Crippen LogP contribution < -0.4 is 11.0 Å². The fourth-order valence-corrected chi connectivity index (χ4v) is 5.96. The van der Waals surface area contributed by atoms with E-state index < -0.39 is 22.8 Å². The highest BCUT2D eigenvalue weighted by Crippen LogP contribution is 2.36. The molecule has 2 aliphatic heterocycles. The molecule has 2 aromatic carbocycles. The van der Waals surface area contributed by atoms with Gasteiger partial charge in [-0.3, -0.25) is 9.36 Å². The van der Waals surface area contributed by atoms with Crippen molar-refractivity contribution in [3.8, 4) is 0 Å². The highest BCUT2D eigenvalue weighted by Gasteiger charge is 2.45. The number of carbonyl (C=O) groups excluding carboxylic acids is 2. The van der Waals surface area contributed by atoms with E-state index in [1.807, 2.05) is 50.2 Å². The summed E-state index contributed by atoms with van der Waals surface area (Å²) in [5.74, 6) is -0.236. The van der Waals surface area contributed by atoms with E-state index in [1.54, 1.807) is 22.8 Å². The molecule has 2 saturated heterocycles. The van der Waals surface area contributed by atoms with Crippen LogP contribution in [0.1, 0.15) is 51.1 Å². The van der Waals surface area contributed by atoms with Crippen molar-refractivity contribution in [2.45, 2.75) is 57.8 Å². The fraction of sp³-hybridized carbons (Fsp3) is 0.516. The smallest absolute Gasteiger partial charge is 0.337 e. The Labute approximate surface area is 239 Å². The van der Waals surface area contributed by atoms with Gasteiger partial charge in [0.05, 0.1) is 23.0 Å². The third-order valence-corrected chi connectivity index (χ3v) is 8.43. The molecule has 9 nitrogen and oxygen atoms in total. The zero-order chi connectivity index (χ0) is 29.0. The van der Waals surface area contributed by atoms with E-state index in [1.165, 1.54) is 0 Å². The van der Waals surface area contributed by atoms with Crippen molar-refractivity contribution < 1.29 is 23.5 Å². The number of fused-ring (bicyclic) bond motifs is 1. The third-order valence-electron chi connectivity index (χ3n) is 8.43. The number of amides is 1. The van der Waals surface area contributed by atoms with Gasteiger partial charge in [0.15, 0.2) is 0 Å². The number of benzene rings is 2. The van der Waals surface area contributed by atoms with Gasteiger partial charge in [0, 0.05) is 38.9 Å². The van der Waals surface area contributed by atoms with Gasteiger partial charge in [0.2, 0.25) is 0 Å². The number of nitrogens with zero attached hydrogens (tertiary/aromatic N) is 3. The van der Waals surface area contributed by atoms with Crippen molar-refractivity contribution in [3.05, 3.63) is 70.6 Å². The molecule has 41 heavy (non-hydrogen) atoms. The van der Waals surface area contributed by atoms with E-state index in [2.05, 4.69) is 10.2 Å². The van der Waals surface area contributed by atoms with Gasteiger partial charge in [-0.1, -0.05) is 42.5 Å². The number of piperidine rings is 1. The lowest BCUT2D eigenvalue weighted by atomic mass is 9.79. The Balaban J connectivity index is 1.19. The molecule has 0 bridgehead atoms. The predicted octanol–water partition coefficient (Wildman–Crippen LogP) is 4.29. The van der Waals surface area contributed by atoms with E-state index in [0.29, 0.717) is 56.7 Å². The first kappa shape index (κ1) is 29.0. The molecule has 3 aromatic rings. The zero-order valence-electron chi connectivity index (χ0n) is 23.8. The lowest BCUT2D eigenvalue weighted by Crippen LogP contribution is -2.53. The Morgan fingerprint density at radius 2 is 1.61 bits per heavy atom. The number of halogens is 1. The van der Waals surface area contributed by atoms with Gasteiger partial charge < -0.3 is 19.7 Å². The molecule has 0 aliphatic carbocycles. The number of esters is 1. The standard InChI is InChI=1S/C31H39FN4O5/c1-23(2)35-25-10-6-7-11-26(25)36(29(35)39)28(38)33-21-31(32)12-16-34(17-13-31)22-30(14-18-40-19-15-30)27(37)41-20-24-8-4-3-5-9-24/h3-11,23H,12-22H2,1-2H3,(H,33,38). The second-order valence-corrected chi connectivity index (χ2v) is 11.6. The van der Waals surface area contributed by atoms with Crippen molar-refractivity contribution in [2.75, 3.05) is 39.4 Å². The van der Waals surface area contributed by atoms with Gasteiger partial charge in [0.25, 0.3) is 0 Å². The quantitative estimate of drug-likeness (QED) is 0.409. The molecule has 0 saturated carbocycles. The molecule has 1 aromatic heterocycles. The summed E-state index contributed by atoms with van der Waals surface area (Å²) in [7, 11) is 0. The van der Waals surface area contributed by atoms with Crippen LogP contribution in [0.3, 0.4) is 0 Å². The summed E-state index contributed by atoms with van der Waals surface area (Å²) in [6.07, 6.45) is 1.54. The Kier molecular flexibility index (Phi) is 8.60. The molecule has 220 valence electrons. The van der Waals surface area contributed by atoms with Gasteiger partial charge in [0.1, 0.15) is 12.3 Å². The van der Waals surface area contributed by atoms with E-state index in [0.717, 1.165) is 10.1 Å². The minimum Gasteiger partial charge on any atom is -0.460 e. The van der Waals surface area contributed by atoms with Crippen LogP contribution in [0.25, 0.3) is 11.0 Å². The highest BCUT2D eigenvalue weighted by atomic mass is 19.1. The third kappa shape index (κ3) is 6.23. The number of hydrogen-bond acceptors (Lipinski definition) is 6. The van der Waals surface area contributed by atoms with Gasteiger partial charge in [-0.25, -0.2) is 18.5 Å². The van der Waals surface area contributed by atoms with Gasteiger partial charge >= 0.3 is 17.7 Å². The molecule has 0 unspecified atom stereocenters. The van der Waals surface area contributed by atoms with Crippen molar-refractivity contribution in [1.29, 1.82) is 0 Å². The lowest BCUT2D eigenvalue weighted by Gasteiger charge is -2.42. The average molecular weight is 567 g/mol. The second-order valence-electron chi connectivity index (χ2n) is 11.6. The van der Waals surface area contributed by atoms with Crippen LogP contribution in [0.15, 0.2) is 59.4 Å². The number of carbonyl (C=O) groups is 2. The van der Waals surface area contributed by atoms with Crippen LogP contribution in [0, 0.1) is 5.41 Å².